The Morgan fingerprint density at radius 1 is 1.33 bits per heavy atom. The molecule has 4 unspecified atom stereocenters. The lowest BCUT2D eigenvalue weighted by molar-refractivity contribution is 0.0175. The number of alkyl halides is 4. The van der Waals surface area contributed by atoms with Crippen LogP contribution in [0.2, 0.25) is 0 Å². The van der Waals surface area contributed by atoms with Gasteiger partial charge >= 0.3 is 5.97 Å². The van der Waals surface area contributed by atoms with Crippen molar-refractivity contribution in [1.82, 2.24) is 0 Å². The van der Waals surface area contributed by atoms with Gasteiger partial charge in [0.05, 0.1) is 11.0 Å². The molecule has 1 saturated carbocycles. The van der Waals surface area contributed by atoms with E-state index in [9.17, 15) is 23.1 Å². The highest BCUT2D eigenvalue weighted by Gasteiger charge is 2.54. The van der Waals surface area contributed by atoms with Crippen molar-refractivity contribution in [2.75, 3.05) is 0 Å². The molecule has 1 aromatic carbocycles. The second-order valence-electron chi connectivity index (χ2n) is 6.92. The Balaban J connectivity index is 2.23. The summed E-state index contributed by atoms with van der Waals surface area (Å²) >= 11 is 0.934. The molecule has 0 spiro atoms. The van der Waals surface area contributed by atoms with Crippen LogP contribution in [0.15, 0.2) is 35.7 Å². The molecular weight excluding hydrogens is 380 g/mol. The lowest BCUT2D eigenvalue weighted by Gasteiger charge is -2.45. The summed E-state index contributed by atoms with van der Waals surface area (Å²) in [6.45, 7) is 1.78. The third-order valence-electron chi connectivity index (χ3n) is 5.58. The van der Waals surface area contributed by atoms with E-state index in [1.165, 1.54) is 29.6 Å². The molecule has 0 saturated heterocycles. The van der Waals surface area contributed by atoms with Crippen molar-refractivity contribution < 1.29 is 27.5 Å². The Hall–Kier alpha value is -1.89. The van der Waals surface area contributed by atoms with Gasteiger partial charge in [-0.25, -0.2) is 22.4 Å². The maximum Gasteiger partial charge on any atom is 0.335 e. The highest BCUT2D eigenvalue weighted by molar-refractivity contribution is 7.10. The SMILES string of the molecule is CCC1CCC(c2cc(C(F)F)cs2)(c2ccccc2C(=O)O)C(F)C1F. The monoisotopic (exact) mass is 400 g/mol. The number of carboxylic acids is 1. The minimum absolute atomic E-state index is 0.130. The van der Waals surface area contributed by atoms with Crippen LogP contribution in [-0.4, -0.2) is 23.4 Å². The van der Waals surface area contributed by atoms with Crippen molar-refractivity contribution in [3.8, 4) is 0 Å². The van der Waals surface area contributed by atoms with Crippen molar-refractivity contribution >= 4 is 17.3 Å². The highest BCUT2D eigenvalue weighted by Crippen LogP contribution is 2.52. The van der Waals surface area contributed by atoms with Gasteiger partial charge in [0.15, 0.2) is 0 Å². The van der Waals surface area contributed by atoms with Crippen molar-refractivity contribution in [1.29, 1.82) is 0 Å². The Morgan fingerprint density at radius 3 is 2.63 bits per heavy atom. The predicted molar refractivity (Wildman–Crippen MR) is 96.3 cm³/mol. The van der Waals surface area contributed by atoms with E-state index in [4.69, 9.17) is 0 Å². The van der Waals surface area contributed by atoms with Crippen LogP contribution in [0.3, 0.4) is 0 Å². The standard InChI is InChI=1S/C20H20F4O2S/c1-2-11-7-8-20(17(22)16(11)21,15-9-12(10-27-15)18(23)24)14-6-4-3-5-13(14)19(25)26/h3-6,9-11,16-18H,2,7-8H2,1H3,(H,25,26). The molecule has 0 aliphatic heterocycles. The predicted octanol–water partition coefficient (Wildman–Crippen LogP) is 6.17. The van der Waals surface area contributed by atoms with Crippen LogP contribution in [0.25, 0.3) is 0 Å². The molecule has 2 nitrogen and oxygen atoms in total. The molecule has 2 aromatic rings. The lowest BCUT2D eigenvalue weighted by atomic mass is 9.62. The molecule has 4 atom stereocenters. The number of benzene rings is 1. The van der Waals surface area contributed by atoms with Crippen LogP contribution in [0.5, 0.6) is 0 Å². The number of aromatic carboxylic acids is 1. The number of hydrogen-bond acceptors (Lipinski definition) is 2. The van der Waals surface area contributed by atoms with Crippen LogP contribution in [0.1, 0.15) is 59.0 Å². The van der Waals surface area contributed by atoms with Gasteiger partial charge in [0.25, 0.3) is 6.43 Å². The molecule has 3 rings (SSSR count). The number of carboxylic acid groups (broad SMARTS) is 1. The number of rotatable bonds is 5. The van der Waals surface area contributed by atoms with Crippen LogP contribution in [0.4, 0.5) is 17.6 Å². The summed E-state index contributed by atoms with van der Waals surface area (Å²) < 4.78 is 56.8. The van der Waals surface area contributed by atoms with Crippen molar-refractivity contribution in [3.63, 3.8) is 0 Å². The highest BCUT2D eigenvalue weighted by atomic mass is 32.1. The fourth-order valence-corrected chi connectivity index (χ4v) is 5.26. The number of carbonyl (C=O) groups is 1. The average molecular weight is 400 g/mol. The molecule has 1 aliphatic rings. The van der Waals surface area contributed by atoms with Gasteiger partial charge in [-0.1, -0.05) is 31.5 Å². The molecule has 0 amide bonds. The minimum Gasteiger partial charge on any atom is -0.478 e. The van der Waals surface area contributed by atoms with Gasteiger partial charge in [-0.15, -0.1) is 11.3 Å². The van der Waals surface area contributed by atoms with Gasteiger partial charge < -0.3 is 5.11 Å². The molecule has 1 fully saturated rings. The topological polar surface area (TPSA) is 37.3 Å². The molecular formula is C20H20F4O2S. The first-order valence-corrected chi connectivity index (χ1v) is 9.68. The molecule has 0 radical (unpaired) electrons. The number of hydrogen-bond donors (Lipinski definition) is 1. The summed E-state index contributed by atoms with van der Waals surface area (Å²) in [5, 5.41) is 10.8. The normalized spacial score (nSPS) is 28.4. The van der Waals surface area contributed by atoms with E-state index in [2.05, 4.69) is 0 Å². The van der Waals surface area contributed by atoms with Crippen molar-refractivity contribution in [3.05, 3.63) is 57.3 Å². The first kappa shape index (κ1) is 19.9. The summed E-state index contributed by atoms with van der Waals surface area (Å²) in [6, 6.07) is 7.08. The fraction of sp³-hybridized carbons (Fsp3) is 0.450. The van der Waals surface area contributed by atoms with E-state index in [1.54, 1.807) is 13.0 Å². The van der Waals surface area contributed by atoms with Crippen molar-refractivity contribution in [2.45, 2.75) is 50.4 Å². The quantitative estimate of drug-likeness (QED) is 0.610. The molecule has 1 aromatic heterocycles. The third-order valence-corrected chi connectivity index (χ3v) is 6.71. The van der Waals surface area contributed by atoms with Gasteiger partial charge in [0, 0.05) is 10.4 Å². The van der Waals surface area contributed by atoms with E-state index < -0.39 is 36.1 Å². The van der Waals surface area contributed by atoms with Crippen LogP contribution in [0, 0.1) is 5.92 Å². The van der Waals surface area contributed by atoms with E-state index >= 15 is 4.39 Å². The summed E-state index contributed by atoms with van der Waals surface area (Å²) in [7, 11) is 0. The average Bonchev–Trinajstić information content (AvgIpc) is 3.15. The lowest BCUT2D eigenvalue weighted by Crippen LogP contribution is -2.50. The Morgan fingerprint density at radius 2 is 2.04 bits per heavy atom. The molecule has 0 bridgehead atoms. The first-order valence-electron chi connectivity index (χ1n) is 8.80. The van der Waals surface area contributed by atoms with E-state index in [1.807, 2.05) is 0 Å². The molecule has 1 aliphatic carbocycles. The van der Waals surface area contributed by atoms with Gasteiger partial charge in [-0.2, -0.15) is 0 Å². The maximum atomic E-state index is 15.6. The molecule has 1 N–H and O–H groups in total. The van der Waals surface area contributed by atoms with Crippen LogP contribution < -0.4 is 0 Å². The fourth-order valence-electron chi connectivity index (χ4n) is 4.08. The Kier molecular flexibility index (Phi) is 5.60. The van der Waals surface area contributed by atoms with E-state index in [-0.39, 0.29) is 28.0 Å². The van der Waals surface area contributed by atoms with Crippen LogP contribution in [-0.2, 0) is 5.41 Å². The van der Waals surface area contributed by atoms with Crippen LogP contribution >= 0.6 is 11.3 Å². The maximum absolute atomic E-state index is 15.6. The first-order chi connectivity index (χ1) is 12.8. The van der Waals surface area contributed by atoms with Gasteiger partial charge in [0.2, 0.25) is 0 Å². The zero-order valence-electron chi connectivity index (χ0n) is 14.7. The number of thiophene rings is 1. The summed E-state index contributed by atoms with van der Waals surface area (Å²) in [5.74, 6) is -1.73. The number of halogens is 4. The largest absolute Gasteiger partial charge is 0.478 e. The molecule has 146 valence electrons. The summed E-state index contributed by atoms with van der Waals surface area (Å²) in [6.07, 6.45) is -5.55. The zero-order chi connectivity index (χ0) is 19.8. The molecule has 27 heavy (non-hydrogen) atoms. The molecule has 7 heteroatoms. The summed E-state index contributed by atoms with van der Waals surface area (Å²) in [4.78, 5) is 12.0. The second kappa shape index (κ2) is 7.62. The summed E-state index contributed by atoms with van der Waals surface area (Å²) in [5.41, 5.74) is -1.83. The zero-order valence-corrected chi connectivity index (χ0v) is 15.5. The smallest absolute Gasteiger partial charge is 0.335 e. The van der Waals surface area contributed by atoms with E-state index in [0.717, 1.165) is 11.3 Å². The Labute approximate surface area is 158 Å². The molecule has 1 heterocycles. The van der Waals surface area contributed by atoms with E-state index in [0.29, 0.717) is 12.8 Å². The minimum atomic E-state index is -2.73. The van der Waals surface area contributed by atoms with Gasteiger partial charge in [-0.05, 0) is 41.8 Å². The Bertz CT molecular complexity index is 822. The van der Waals surface area contributed by atoms with Crippen molar-refractivity contribution in [2.24, 2.45) is 5.92 Å². The second-order valence-corrected chi connectivity index (χ2v) is 7.83. The van der Waals surface area contributed by atoms with Gasteiger partial charge in [-0.3, -0.25) is 0 Å². The van der Waals surface area contributed by atoms with Gasteiger partial charge in [0.1, 0.15) is 12.3 Å². The third kappa shape index (κ3) is 3.26.